The van der Waals surface area contributed by atoms with Gasteiger partial charge in [-0.15, -0.1) is 0 Å². The molecule has 1 aromatic heterocycles. The first-order valence-electron chi connectivity index (χ1n) is 9.38. The number of amides is 1. The summed E-state index contributed by atoms with van der Waals surface area (Å²) in [4.78, 5) is 25.4. The maximum absolute atomic E-state index is 12.8. The number of methoxy groups -OCH3 is 1. The number of carbonyl (C=O) groups is 1. The molecule has 0 saturated carbocycles. The second-order valence-electron chi connectivity index (χ2n) is 6.80. The number of hydrazone groups is 1. The number of para-hydroxylation sites is 2. The van der Waals surface area contributed by atoms with E-state index in [2.05, 4.69) is 10.5 Å². The van der Waals surface area contributed by atoms with Gasteiger partial charge in [-0.05, 0) is 64.6 Å². The molecule has 0 atom stereocenters. The molecule has 3 aromatic carbocycles. The van der Waals surface area contributed by atoms with Crippen molar-refractivity contribution in [2.24, 2.45) is 5.10 Å². The van der Waals surface area contributed by atoms with Crippen LogP contribution in [-0.4, -0.2) is 28.9 Å². The van der Waals surface area contributed by atoms with Crippen LogP contribution in [0.5, 0.6) is 11.5 Å². The number of phenols is 1. The van der Waals surface area contributed by atoms with E-state index in [0.29, 0.717) is 36.7 Å². The van der Waals surface area contributed by atoms with Crippen LogP contribution in [0.15, 0.2) is 70.6 Å². The molecule has 0 aliphatic carbocycles. The molecule has 0 aliphatic heterocycles. The zero-order valence-electron chi connectivity index (χ0n) is 16.5. The molecule has 0 fully saturated rings. The fourth-order valence-electron chi connectivity index (χ4n) is 3.43. The van der Waals surface area contributed by atoms with Crippen LogP contribution in [0.2, 0.25) is 0 Å². The normalized spacial score (nSPS) is 11.3. The molecule has 156 valence electrons. The van der Waals surface area contributed by atoms with Crippen molar-refractivity contribution >= 4 is 56.5 Å². The van der Waals surface area contributed by atoms with E-state index in [1.165, 1.54) is 13.3 Å². The van der Waals surface area contributed by atoms with Crippen molar-refractivity contribution in [3.05, 3.63) is 80.0 Å². The first kappa shape index (κ1) is 20.9. The van der Waals surface area contributed by atoms with Gasteiger partial charge in [-0.25, -0.2) is 5.43 Å². The van der Waals surface area contributed by atoms with Crippen molar-refractivity contribution < 1.29 is 14.6 Å². The summed E-state index contributed by atoms with van der Waals surface area (Å²) in [5.74, 6) is 0.0442. The molecule has 0 aliphatic rings. The molecule has 7 nitrogen and oxygen atoms in total. The summed E-state index contributed by atoms with van der Waals surface area (Å²) in [5.41, 5.74) is 4.49. The lowest BCUT2D eigenvalue weighted by Crippen LogP contribution is -2.25. The Kier molecular flexibility index (Phi) is 5.90. The van der Waals surface area contributed by atoms with E-state index in [4.69, 9.17) is 4.74 Å². The summed E-state index contributed by atoms with van der Waals surface area (Å²) in [7, 11) is 1.47. The van der Waals surface area contributed by atoms with Gasteiger partial charge in [-0.1, -0.05) is 24.3 Å². The number of ether oxygens (including phenoxy) is 1. The summed E-state index contributed by atoms with van der Waals surface area (Å²) in [5, 5.41) is 15.1. The Morgan fingerprint density at radius 1 is 1.13 bits per heavy atom. The van der Waals surface area contributed by atoms with Crippen LogP contribution < -0.4 is 15.6 Å². The molecular formula is C23H18IN3O4. The highest BCUT2D eigenvalue weighted by atomic mass is 127. The molecule has 1 heterocycles. The number of nitrogens with one attached hydrogen (secondary N) is 1. The van der Waals surface area contributed by atoms with E-state index in [1.807, 2.05) is 51.4 Å². The smallest absolute Gasteiger partial charge is 0.260 e. The lowest BCUT2D eigenvalue weighted by molar-refractivity contribution is -0.121. The fraction of sp³-hybridized carbons (Fsp3) is 0.0870. The van der Waals surface area contributed by atoms with E-state index in [1.54, 1.807) is 36.4 Å². The average Bonchev–Trinajstić information content (AvgIpc) is 2.79. The predicted molar refractivity (Wildman–Crippen MR) is 129 cm³/mol. The first-order valence-corrected chi connectivity index (χ1v) is 10.5. The fourth-order valence-corrected chi connectivity index (χ4v) is 4.05. The Morgan fingerprint density at radius 2 is 1.74 bits per heavy atom. The van der Waals surface area contributed by atoms with Crippen molar-refractivity contribution in [2.45, 2.75) is 6.54 Å². The van der Waals surface area contributed by atoms with Crippen LogP contribution in [0.25, 0.3) is 21.8 Å². The van der Waals surface area contributed by atoms with E-state index < -0.39 is 0 Å². The molecule has 2 N–H and O–H groups in total. The first-order chi connectivity index (χ1) is 15.0. The number of halogens is 1. The maximum Gasteiger partial charge on any atom is 0.260 e. The molecule has 4 aromatic rings. The van der Waals surface area contributed by atoms with Gasteiger partial charge in [-0.2, -0.15) is 5.10 Å². The Morgan fingerprint density at radius 3 is 2.35 bits per heavy atom. The topological polar surface area (TPSA) is 92.9 Å². The molecule has 4 rings (SSSR count). The number of aromatic nitrogens is 1. The van der Waals surface area contributed by atoms with Crippen LogP contribution in [0, 0.1) is 3.57 Å². The number of fused-ring (bicyclic) bond motifs is 2. The number of hydrogen-bond acceptors (Lipinski definition) is 5. The van der Waals surface area contributed by atoms with Crippen LogP contribution in [0.4, 0.5) is 0 Å². The SMILES string of the molecule is COc1cc(/C=N\NC(=O)Cn2c3ccccc3c(=O)c3ccccc32)cc(I)c1O. The second-order valence-corrected chi connectivity index (χ2v) is 7.96. The zero-order valence-corrected chi connectivity index (χ0v) is 18.7. The number of phenolic OH excluding ortho intramolecular Hbond substituents is 1. The van der Waals surface area contributed by atoms with Gasteiger partial charge in [0.25, 0.3) is 5.91 Å². The Bertz CT molecular complexity index is 1340. The molecular weight excluding hydrogens is 509 g/mol. The summed E-state index contributed by atoms with van der Waals surface area (Å²) in [6.07, 6.45) is 1.48. The van der Waals surface area contributed by atoms with Gasteiger partial charge in [0.15, 0.2) is 16.9 Å². The van der Waals surface area contributed by atoms with E-state index in [9.17, 15) is 14.7 Å². The van der Waals surface area contributed by atoms with Gasteiger partial charge in [0.1, 0.15) is 6.54 Å². The second kappa shape index (κ2) is 8.76. The van der Waals surface area contributed by atoms with Gasteiger partial charge in [0.2, 0.25) is 0 Å². The monoisotopic (exact) mass is 527 g/mol. The number of hydrogen-bond donors (Lipinski definition) is 2. The van der Waals surface area contributed by atoms with Gasteiger partial charge in [-0.3, -0.25) is 9.59 Å². The number of pyridine rings is 1. The minimum Gasteiger partial charge on any atom is -0.504 e. The average molecular weight is 527 g/mol. The van der Waals surface area contributed by atoms with E-state index >= 15 is 0 Å². The molecule has 31 heavy (non-hydrogen) atoms. The van der Waals surface area contributed by atoms with Crippen LogP contribution in [0.3, 0.4) is 0 Å². The summed E-state index contributed by atoms with van der Waals surface area (Å²) < 4.78 is 7.55. The number of aromatic hydroxyl groups is 1. The highest BCUT2D eigenvalue weighted by Crippen LogP contribution is 2.31. The minimum absolute atomic E-state index is 0.00488. The highest BCUT2D eigenvalue weighted by molar-refractivity contribution is 14.1. The van der Waals surface area contributed by atoms with Gasteiger partial charge in [0, 0.05) is 10.8 Å². The molecule has 0 unspecified atom stereocenters. The molecule has 8 heteroatoms. The molecule has 0 radical (unpaired) electrons. The highest BCUT2D eigenvalue weighted by Gasteiger charge is 2.12. The van der Waals surface area contributed by atoms with E-state index in [0.717, 1.165) is 0 Å². The molecule has 1 amide bonds. The van der Waals surface area contributed by atoms with Crippen LogP contribution in [0.1, 0.15) is 5.56 Å². The van der Waals surface area contributed by atoms with E-state index in [-0.39, 0.29) is 23.6 Å². The van der Waals surface area contributed by atoms with Crippen LogP contribution >= 0.6 is 22.6 Å². The molecule has 0 saturated heterocycles. The number of rotatable bonds is 5. The number of carbonyl (C=O) groups excluding carboxylic acids is 1. The van der Waals surface area contributed by atoms with Crippen molar-refractivity contribution in [1.29, 1.82) is 0 Å². The van der Waals surface area contributed by atoms with Crippen molar-refractivity contribution in [2.75, 3.05) is 7.11 Å². The van der Waals surface area contributed by atoms with Crippen molar-refractivity contribution in [3.8, 4) is 11.5 Å². The summed E-state index contributed by atoms with van der Waals surface area (Å²) in [6, 6.07) is 17.8. The predicted octanol–water partition coefficient (Wildman–Crippen LogP) is 3.62. The zero-order chi connectivity index (χ0) is 22.0. The van der Waals surface area contributed by atoms with Gasteiger partial charge >= 0.3 is 0 Å². The third kappa shape index (κ3) is 4.11. The Labute approximate surface area is 191 Å². The lowest BCUT2D eigenvalue weighted by atomic mass is 10.1. The summed E-state index contributed by atoms with van der Waals surface area (Å²) in [6.45, 7) is -0.00488. The number of benzene rings is 3. The standard InChI is InChI=1S/C23H18IN3O4/c1-31-20-11-14(10-17(24)23(20)30)12-25-26-21(28)13-27-18-8-4-2-6-15(18)22(29)16-7-3-5-9-19(16)27/h2-12,30H,13H2,1H3,(H,26,28)/b25-12-. The minimum atomic E-state index is -0.337. The van der Waals surface area contributed by atoms with Crippen molar-refractivity contribution in [1.82, 2.24) is 9.99 Å². The van der Waals surface area contributed by atoms with Gasteiger partial charge in [0.05, 0.1) is 27.9 Å². The Balaban J connectivity index is 1.62. The lowest BCUT2D eigenvalue weighted by Gasteiger charge is -2.14. The maximum atomic E-state index is 12.8. The quantitative estimate of drug-likeness (QED) is 0.180. The molecule has 0 bridgehead atoms. The third-order valence-electron chi connectivity index (χ3n) is 4.85. The Hall–Kier alpha value is -3.40. The number of nitrogens with zero attached hydrogens (tertiary/aromatic N) is 2. The third-order valence-corrected chi connectivity index (χ3v) is 5.68. The largest absolute Gasteiger partial charge is 0.504 e. The molecule has 0 spiro atoms. The van der Waals surface area contributed by atoms with Crippen LogP contribution in [-0.2, 0) is 11.3 Å². The summed E-state index contributed by atoms with van der Waals surface area (Å²) >= 11 is 1.99. The van der Waals surface area contributed by atoms with Gasteiger partial charge < -0.3 is 14.4 Å². The van der Waals surface area contributed by atoms with Crippen molar-refractivity contribution in [3.63, 3.8) is 0 Å².